The maximum atomic E-state index is 12.0. The van der Waals surface area contributed by atoms with E-state index < -0.39 is 16.1 Å². The van der Waals surface area contributed by atoms with Crippen molar-refractivity contribution in [3.63, 3.8) is 0 Å². The van der Waals surface area contributed by atoms with Gasteiger partial charge in [-0.25, -0.2) is 4.79 Å². The molecule has 6 atom stereocenters. The average molecular weight is 632 g/mol. The minimum absolute atomic E-state index is 0.0178. The molecular formula is C33H42ClNO7S. The van der Waals surface area contributed by atoms with Gasteiger partial charge in [-0.15, -0.1) is 0 Å². The van der Waals surface area contributed by atoms with E-state index in [1.165, 1.54) is 11.1 Å². The van der Waals surface area contributed by atoms with Gasteiger partial charge in [0.1, 0.15) is 5.75 Å². The Morgan fingerprint density at radius 3 is 2.72 bits per heavy atom. The van der Waals surface area contributed by atoms with Gasteiger partial charge in [0.05, 0.1) is 36.3 Å². The molecule has 10 heteroatoms. The van der Waals surface area contributed by atoms with Crippen molar-refractivity contribution in [1.82, 2.24) is 0 Å². The number of benzene rings is 2. The summed E-state index contributed by atoms with van der Waals surface area (Å²) in [5.41, 5.74) is 3.39. The summed E-state index contributed by atoms with van der Waals surface area (Å²) in [6, 6.07) is 11.4. The summed E-state index contributed by atoms with van der Waals surface area (Å²) >= 11 is 6.40. The van der Waals surface area contributed by atoms with E-state index in [1.807, 2.05) is 6.07 Å². The van der Waals surface area contributed by atoms with Crippen LogP contribution in [0.2, 0.25) is 5.02 Å². The minimum atomic E-state index is -3.51. The van der Waals surface area contributed by atoms with E-state index in [9.17, 15) is 18.3 Å². The van der Waals surface area contributed by atoms with Crippen molar-refractivity contribution in [2.75, 3.05) is 38.0 Å². The van der Waals surface area contributed by atoms with E-state index in [0.29, 0.717) is 24.9 Å². The SMILES string of the molecule is CO[C@@H]([C@@H]1CCC[C@@H](OS(C)(=O)=O)C1)[C@@H]1CC[C@H]1CN1C[C@@]2(CCCc3cc(Cl)ccc32)COc2ccc(C(=O)O)cc21. The first-order valence-electron chi connectivity index (χ1n) is 15.5. The van der Waals surface area contributed by atoms with Gasteiger partial charge in [-0.1, -0.05) is 24.1 Å². The number of ether oxygens (including phenoxy) is 2. The average Bonchev–Trinajstić information content (AvgIpc) is 3.10. The first-order valence-corrected chi connectivity index (χ1v) is 17.7. The zero-order valence-corrected chi connectivity index (χ0v) is 26.5. The summed E-state index contributed by atoms with van der Waals surface area (Å²) in [7, 11) is -1.74. The minimum Gasteiger partial charge on any atom is -0.490 e. The molecule has 6 rings (SSSR count). The molecule has 2 saturated carbocycles. The first kappa shape index (κ1) is 30.7. The van der Waals surface area contributed by atoms with Crippen LogP contribution in [0.5, 0.6) is 5.75 Å². The number of aryl methyl sites for hydroxylation is 1. The van der Waals surface area contributed by atoms with Gasteiger partial charge in [0.2, 0.25) is 0 Å². The Labute approximate surface area is 259 Å². The fourth-order valence-corrected chi connectivity index (χ4v) is 9.18. The van der Waals surface area contributed by atoms with Crippen LogP contribution in [0, 0.1) is 17.8 Å². The lowest BCUT2D eigenvalue weighted by molar-refractivity contribution is -0.0693. The van der Waals surface area contributed by atoms with Crippen LogP contribution in [0.25, 0.3) is 0 Å². The van der Waals surface area contributed by atoms with Gasteiger partial charge in [-0.3, -0.25) is 4.18 Å². The van der Waals surface area contributed by atoms with Crippen LogP contribution < -0.4 is 9.64 Å². The van der Waals surface area contributed by atoms with Crippen molar-refractivity contribution in [2.45, 2.75) is 75.4 Å². The maximum absolute atomic E-state index is 12.0. The number of rotatable bonds is 8. The Kier molecular flexibility index (Phi) is 8.72. The standard InChI is InChI=1S/C33H42ClNO7S/c1-40-31(22-5-3-7-26(16-22)42-43(2,38)39)27-11-8-24(27)18-35-19-33(14-4-6-21-15-25(34)10-12-28(21)33)20-41-30-13-9-23(32(36)37)17-29(30)35/h9-10,12-13,15,17,22,24,26-27,31H,3-8,11,14,16,18-20H2,1-2H3,(H,36,37)/t22-,24+,26-,27-,31+,33+/m1/s1. The van der Waals surface area contributed by atoms with Gasteiger partial charge in [0.25, 0.3) is 10.1 Å². The molecule has 2 aromatic rings. The molecule has 43 heavy (non-hydrogen) atoms. The van der Waals surface area contributed by atoms with Crippen molar-refractivity contribution in [2.24, 2.45) is 17.8 Å². The normalized spacial score (nSPS) is 29.5. The lowest BCUT2D eigenvalue weighted by Crippen LogP contribution is -2.51. The third-order valence-corrected chi connectivity index (χ3v) is 11.2. The molecule has 1 spiro atoms. The number of carboxylic acids is 1. The molecule has 0 bridgehead atoms. The lowest BCUT2D eigenvalue weighted by atomic mass is 9.65. The third-order valence-electron chi connectivity index (χ3n) is 10.4. The van der Waals surface area contributed by atoms with Crippen molar-refractivity contribution >= 4 is 33.4 Å². The number of aromatic carboxylic acids is 1. The van der Waals surface area contributed by atoms with E-state index in [-0.39, 0.29) is 29.1 Å². The molecule has 1 N–H and O–H groups in total. The Morgan fingerprint density at radius 1 is 1.16 bits per heavy atom. The molecule has 2 aromatic carbocycles. The lowest BCUT2D eigenvalue weighted by Gasteiger charge is -2.48. The molecule has 0 aromatic heterocycles. The number of fused-ring (bicyclic) bond motifs is 3. The maximum Gasteiger partial charge on any atom is 0.335 e. The van der Waals surface area contributed by atoms with Gasteiger partial charge in [-0.05, 0) is 111 Å². The predicted molar refractivity (Wildman–Crippen MR) is 166 cm³/mol. The molecule has 0 unspecified atom stereocenters. The molecule has 0 amide bonds. The molecule has 0 radical (unpaired) electrons. The number of carboxylic acid groups (broad SMARTS) is 1. The highest BCUT2D eigenvalue weighted by molar-refractivity contribution is 7.86. The van der Waals surface area contributed by atoms with Gasteiger partial charge in [-0.2, -0.15) is 8.42 Å². The van der Waals surface area contributed by atoms with E-state index in [1.54, 1.807) is 25.3 Å². The predicted octanol–water partition coefficient (Wildman–Crippen LogP) is 6.09. The second-order valence-corrected chi connectivity index (χ2v) is 15.2. The molecular weight excluding hydrogens is 590 g/mol. The van der Waals surface area contributed by atoms with Crippen LogP contribution in [0.4, 0.5) is 5.69 Å². The topological polar surface area (TPSA) is 102 Å². The third kappa shape index (κ3) is 6.42. The number of anilines is 1. The smallest absolute Gasteiger partial charge is 0.335 e. The number of hydrogen-bond donors (Lipinski definition) is 1. The molecule has 4 aliphatic rings. The summed E-state index contributed by atoms with van der Waals surface area (Å²) in [5.74, 6) is 0.679. The summed E-state index contributed by atoms with van der Waals surface area (Å²) in [6.45, 7) is 2.02. The van der Waals surface area contributed by atoms with E-state index in [2.05, 4.69) is 17.0 Å². The Balaban J connectivity index is 1.28. The molecule has 234 valence electrons. The summed E-state index contributed by atoms with van der Waals surface area (Å²) in [4.78, 5) is 14.4. The fraction of sp³-hybridized carbons (Fsp3) is 0.606. The highest BCUT2D eigenvalue weighted by Gasteiger charge is 2.46. The van der Waals surface area contributed by atoms with Gasteiger partial charge in [0.15, 0.2) is 0 Å². The van der Waals surface area contributed by atoms with Crippen LogP contribution in [0.15, 0.2) is 36.4 Å². The Bertz CT molecular complexity index is 1470. The highest BCUT2D eigenvalue weighted by atomic mass is 35.5. The molecule has 8 nitrogen and oxygen atoms in total. The van der Waals surface area contributed by atoms with Gasteiger partial charge >= 0.3 is 5.97 Å². The van der Waals surface area contributed by atoms with Crippen molar-refractivity contribution in [3.05, 3.63) is 58.1 Å². The van der Waals surface area contributed by atoms with E-state index in [4.69, 9.17) is 25.3 Å². The molecule has 2 fully saturated rings. The van der Waals surface area contributed by atoms with Gasteiger partial charge in [0, 0.05) is 30.6 Å². The zero-order chi connectivity index (χ0) is 30.4. The van der Waals surface area contributed by atoms with Crippen LogP contribution in [0.1, 0.15) is 72.9 Å². The van der Waals surface area contributed by atoms with Crippen molar-refractivity contribution in [1.29, 1.82) is 0 Å². The van der Waals surface area contributed by atoms with E-state index >= 15 is 0 Å². The first-order chi connectivity index (χ1) is 20.5. The number of methoxy groups -OCH3 is 1. The number of hydrogen-bond acceptors (Lipinski definition) is 7. The molecule has 0 saturated heterocycles. The van der Waals surface area contributed by atoms with Crippen LogP contribution in [-0.2, 0) is 30.9 Å². The monoisotopic (exact) mass is 631 g/mol. The molecule has 1 aliphatic heterocycles. The summed E-state index contributed by atoms with van der Waals surface area (Å²) in [6.07, 6.45) is 9.31. The van der Waals surface area contributed by atoms with Crippen molar-refractivity contribution < 1.29 is 32.0 Å². The van der Waals surface area contributed by atoms with Crippen LogP contribution >= 0.6 is 11.6 Å². The summed E-state index contributed by atoms with van der Waals surface area (Å²) < 4.78 is 41.7. The van der Waals surface area contributed by atoms with Gasteiger partial charge < -0.3 is 19.5 Å². The van der Waals surface area contributed by atoms with Crippen LogP contribution in [-0.4, -0.2) is 64.8 Å². The highest BCUT2D eigenvalue weighted by Crippen LogP contribution is 2.48. The summed E-state index contributed by atoms with van der Waals surface area (Å²) in [5, 5.41) is 10.6. The number of halogens is 1. The quantitative estimate of drug-likeness (QED) is 0.350. The van der Waals surface area contributed by atoms with E-state index in [0.717, 1.165) is 87.2 Å². The number of carbonyl (C=O) groups is 1. The zero-order valence-electron chi connectivity index (χ0n) is 25.0. The second-order valence-electron chi connectivity index (χ2n) is 13.1. The largest absolute Gasteiger partial charge is 0.490 e. The number of nitrogens with zero attached hydrogens (tertiary/aromatic N) is 1. The second kappa shape index (κ2) is 12.2. The Morgan fingerprint density at radius 2 is 2.00 bits per heavy atom. The molecule has 3 aliphatic carbocycles. The van der Waals surface area contributed by atoms with Crippen LogP contribution in [0.3, 0.4) is 0 Å². The van der Waals surface area contributed by atoms with Crippen molar-refractivity contribution in [3.8, 4) is 5.75 Å². The fourth-order valence-electron chi connectivity index (χ4n) is 8.32. The Hall–Kier alpha value is -2.33. The molecule has 1 heterocycles.